The van der Waals surface area contributed by atoms with Crippen molar-refractivity contribution in [2.24, 2.45) is 0 Å². The van der Waals surface area contributed by atoms with Gasteiger partial charge in [-0.15, -0.1) is 0 Å². The van der Waals surface area contributed by atoms with Crippen molar-refractivity contribution in [1.82, 2.24) is 0 Å². The molecule has 1 aliphatic heterocycles. The van der Waals surface area contributed by atoms with E-state index in [9.17, 15) is 0 Å². The van der Waals surface area contributed by atoms with Gasteiger partial charge in [-0.2, -0.15) is 0 Å². The summed E-state index contributed by atoms with van der Waals surface area (Å²) in [5, 5.41) is 2.99. The van der Waals surface area contributed by atoms with Gasteiger partial charge in [-0.25, -0.2) is 0 Å². The van der Waals surface area contributed by atoms with Gasteiger partial charge in [-0.3, -0.25) is 0 Å². The monoisotopic (exact) mass is 2180 g/mol. The van der Waals surface area contributed by atoms with Crippen molar-refractivity contribution in [1.29, 1.82) is 0 Å². The van der Waals surface area contributed by atoms with E-state index in [1.807, 2.05) is 0 Å². The minimum atomic E-state index is -1.72. The molecule has 544 valence electrons. The van der Waals surface area contributed by atoms with E-state index >= 15 is 0 Å². The third-order valence-electron chi connectivity index (χ3n) is 20.0. The molecule has 9 aromatic rings. The Hall–Kier alpha value is -1.26. The molecule has 100 heavy (non-hydrogen) atoms. The van der Waals surface area contributed by atoms with E-state index < -0.39 is 83.9 Å². The second kappa shape index (κ2) is 36.3. The van der Waals surface area contributed by atoms with Crippen LogP contribution in [0.3, 0.4) is 0 Å². The summed E-state index contributed by atoms with van der Waals surface area (Å²) in [6.07, 6.45) is 0. The molecule has 2 heterocycles. The van der Waals surface area contributed by atoms with E-state index in [2.05, 4.69) is 371 Å². The summed E-state index contributed by atoms with van der Waals surface area (Å²) in [5.74, 6) is 0. The Balaban J connectivity index is 0.000000217. The summed E-state index contributed by atoms with van der Waals surface area (Å²) in [6.45, 7) is 74.2. The molecule has 0 saturated heterocycles. The first-order valence-corrected chi connectivity index (χ1v) is 68.9. The first-order valence-electron chi connectivity index (χ1n) is 36.8. The second-order valence-corrected chi connectivity index (χ2v) is 74.5. The summed E-state index contributed by atoms with van der Waals surface area (Å²) in [4.78, 5) is 7.24. The molecule has 0 N–H and O–H groups in total. The molecule has 1 aliphatic rings. The normalized spacial score (nSPS) is 12.8. The minimum absolute atomic E-state index is 0.0484. The molecule has 1 aromatic heterocycles. The van der Waals surface area contributed by atoms with Gasteiger partial charge in [0.15, 0.2) is 0 Å². The van der Waals surface area contributed by atoms with Crippen molar-refractivity contribution in [3.05, 3.63) is 210 Å². The molecule has 10 rings (SSSR count). The van der Waals surface area contributed by atoms with Gasteiger partial charge in [0.25, 0.3) is 0 Å². The van der Waals surface area contributed by atoms with Gasteiger partial charge in [0.2, 0.25) is 0 Å². The van der Waals surface area contributed by atoms with Crippen molar-refractivity contribution in [2.45, 2.75) is 290 Å². The van der Waals surface area contributed by atoms with Crippen LogP contribution in [0.1, 0.15) is 241 Å². The molecule has 0 fully saturated rings. The summed E-state index contributed by atoms with van der Waals surface area (Å²) >= 11 is -5.63. The Morgan fingerprint density at radius 3 is 1.28 bits per heavy atom. The maximum absolute atomic E-state index is 2.55. The van der Waals surface area contributed by atoms with E-state index in [4.69, 9.17) is 0 Å². The van der Waals surface area contributed by atoms with Gasteiger partial charge in [0, 0.05) is 0 Å². The molecule has 0 amide bonds. The molecule has 0 spiro atoms. The van der Waals surface area contributed by atoms with Crippen LogP contribution < -0.4 is 20.4 Å². The summed E-state index contributed by atoms with van der Waals surface area (Å²) in [5.41, 5.74) is 28.8. The van der Waals surface area contributed by atoms with Crippen molar-refractivity contribution < 1.29 is 0 Å². The Bertz CT molecular complexity index is 4180. The predicted octanol–water partition coefficient (Wildman–Crippen LogP) is 23.4. The zero-order valence-corrected chi connectivity index (χ0v) is 87.0. The van der Waals surface area contributed by atoms with E-state index in [1.54, 1.807) is 49.5 Å². The average Bonchev–Trinajstić information content (AvgIpc) is 1.59. The van der Waals surface area contributed by atoms with Crippen molar-refractivity contribution in [3.8, 4) is 11.1 Å². The molecule has 6 heteroatoms. The third-order valence-corrected chi connectivity index (χ3v) is 51.7. The molecule has 0 radical (unpaired) electrons. The van der Waals surface area contributed by atoms with Gasteiger partial charge in [0.05, 0.1) is 0 Å². The number of aryl methyl sites for hydroxylation is 6. The molecule has 0 unspecified atom stereocenters. The van der Waals surface area contributed by atoms with Crippen LogP contribution in [0.5, 0.6) is 0 Å². The van der Waals surface area contributed by atoms with Crippen LogP contribution in [0.2, 0.25) is 36.3 Å². The Morgan fingerprint density at radius 1 is 0.410 bits per heavy atom. The first-order chi connectivity index (χ1) is 45.8. The van der Waals surface area contributed by atoms with Gasteiger partial charge in [-0.1, -0.05) is 0 Å². The number of benzene rings is 8. The summed E-state index contributed by atoms with van der Waals surface area (Å²) in [6, 6.07) is 46.9. The summed E-state index contributed by atoms with van der Waals surface area (Å²) in [7, 11) is 0. The van der Waals surface area contributed by atoms with Crippen LogP contribution >= 0.6 is 0 Å². The second-order valence-electron chi connectivity index (χ2n) is 35.8. The number of hydrogen-bond donors (Lipinski definition) is 0. The van der Waals surface area contributed by atoms with Crippen molar-refractivity contribution >= 4 is 163 Å². The van der Waals surface area contributed by atoms with E-state index in [0.29, 0.717) is 0 Å². The number of hydrogen-bond acceptors (Lipinski definition) is 0. The number of fused-ring (bicyclic) bond motifs is 6. The Kier molecular flexibility index (Phi) is 32.4. The fourth-order valence-corrected chi connectivity index (χ4v) is 44.4. The molecule has 0 bridgehead atoms. The Labute approximate surface area is 666 Å². The van der Waals surface area contributed by atoms with E-state index in [0.717, 1.165) is 7.73 Å². The van der Waals surface area contributed by atoms with Gasteiger partial charge in [0.1, 0.15) is 0 Å². The molecule has 8 aromatic carbocycles. The van der Waals surface area contributed by atoms with Crippen LogP contribution in [0.4, 0.5) is 0 Å². The molecular formula is C94H136Bi2Sb2Te2. The zero-order valence-electron chi connectivity index (χ0n) is 70.3. The predicted molar refractivity (Wildman–Crippen MR) is 468 cm³/mol. The van der Waals surface area contributed by atoms with Crippen LogP contribution in [0.15, 0.2) is 121 Å². The third kappa shape index (κ3) is 22.9. The van der Waals surface area contributed by atoms with Gasteiger partial charge < -0.3 is 0 Å². The van der Waals surface area contributed by atoms with Crippen LogP contribution in [-0.2, 0) is 32.5 Å². The molecule has 0 atom stereocenters. The van der Waals surface area contributed by atoms with E-state index in [1.165, 1.54) is 88.7 Å². The fraction of sp³-hybridized carbons (Fsp3) is 0.489. The zero-order chi connectivity index (χ0) is 76.2. The first kappa shape index (κ1) is 89.4. The van der Waals surface area contributed by atoms with Crippen LogP contribution in [0.25, 0.3) is 28.7 Å². The molecule has 0 aliphatic carbocycles. The average molecular weight is 2180 g/mol. The fourth-order valence-electron chi connectivity index (χ4n) is 14.6. The van der Waals surface area contributed by atoms with Gasteiger partial charge >= 0.3 is 675 Å². The van der Waals surface area contributed by atoms with Crippen LogP contribution in [0, 0.1) is 69.2 Å². The summed E-state index contributed by atoms with van der Waals surface area (Å²) < 4.78 is 22.5. The quantitative estimate of drug-likeness (QED) is 0.146. The topological polar surface area (TPSA) is 0 Å². The Morgan fingerprint density at radius 2 is 0.820 bits per heavy atom. The number of rotatable bonds is 6. The standard InChI is InChI=1S/C17H18Te.C17H18.C13H20Te.3C12H17.2C3H7.5CH3.2Bi.2Sb/c1-11-9-10-13-12-7-5-6-8-14(12)18-16(13)15(11)17(2,3)4;1-13-10-11-15(12-16(13)17(2,3)4)14-8-6-5-7-9-14;1-9-7-11(14-6)8-12(10(9)2)13(3,4)5;3*1-9-7-6-8-11(10(9)2)12(3,4)5;2*1-3-2;;;;;;;;;/h5-10H,1-4H3;5-8,10-11H,1-4H3;7-8H,1-6H3;3*7-8H,1-5H3;2*3H,1-2H3;5*1H3;;;;. The molecule has 0 saturated carbocycles. The molecular weight excluding hydrogens is 2050 g/mol. The van der Waals surface area contributed by atoms with Crippen molar-refractivity contribution in [2.75, 3.05) is 0 Å². The van der Waals surface area contributed by atoms with Crippen LogP contribution in [-0.4, -0.2) is 125 Å². The molecule has 0 nitrogen and oxygen atoms in total. The SMILES string of the molecule is C[Te]c1cc(C)c(C)c(C(C)(C)C)c1.Cc1c[c]([Bi]([CH3])[CH3])cc(C(C)(C)C)c1C.Cc1c[c]([Sb]([CH3])[CH3])cc(C(C)(C)C)c1C.Cc1c[c]([Sb]([CH](C)C)[CH](C)C)cc(C(C)(C)C)c1C.Cc1ccc2[c](c1C(C)(C)C)[Bi]([CH3])[c]1ccccc1-2.Cc1ccc2c([te]c3ccccc32)c1C(C)(C)C. The van der Waals surface area contributed by atoms with Crippen molar-refractivity contribution in [3.63, 3.8) is 0 Å². The van der Waals surface area contributed by atoms with E-state index in [-0.39, 0.29) is 73.8 Å². The maximum atomic E-state index is 2.55. The van der Waals surface area contributed by atoms with Gasteiger partial charge in [-0.05, 0) is 0 Å².